The van der Waals surface area contributed by atoms with Crippen molar-refractivity contribution in [1.82, 2.24) is 4.90 Å². The number of rotatable bonds is 7. The summed E-state index contributed by atoms with van der Waals surface area (Å²) >= 11 is 3.48. The summed E-state index contributed by atoms with van der Waals surface area (Å²) < 4.78 is 1.10. The molecule has 1 aromatic carbocycles. The van der Waals surface area contributed by atoms with Crippen molar-refractivity contribution in [3.05, 3.63) is 34.3 Å². The molecule has 1 aromatic rings. The van der Waals surface area contributed by atoms with Crippen LogP contribution in [0.4, 0.5) is 0 Å². The van der Waals surface area contributed by atoms with Crippen molar-refractivity contribution in [2.24, 2.45) is 5.41 Å². The average Bonchev–Trinajstić information content (AvgIpc) is 2.29. The fraction of sp³-hybridized carbons (Fsp3) is 0.533. The van der Waals surface area contributed by atoms with Gasteiger partial charge in [-0.3, -0.25) is 0 Å². The Labute approximate surface area is 119 Å². The van der Waals surface area contributed by atoms with Crippen LogP contribution >= 0.6 is 15.9 Å². The Balaban J connectivity index is 2.60. The van der Waals surface area contributed by atoms with Gasteiger partial charge in [-0.1, -0.05) is 48.3 Å². The molecule has 0 spiro atoms. The minimum Gasteiger partial charge on any atom is -0.303 e. The highest BCUT2D eigenvalue weighted by atomic mass is 79.9. The van der Waals surface area contributed by atoms with Crippen molar-refractivity contribution in [3.63, 3.8) is 0 Å². The highest BCUT2D eigenvalue weighted by Gasteiger charge is 2.24. The second-order valence-corrected chi connectivity index (χ2v) is 6.24. The van der Waals surface area contributed by atoms with Gasteiger partial charge in [-0.05, 0) is 31.2 Å². The van der Waals surface area contributed by atoms with Crippen molar-refractivity contribution >= 4 is 22.2 Å². The number of aldehydes is 1. The molecule has 100 valence electrons. The lowest BCUT2D eigenvalue weighted by Gasteiger charge is -2.28. The number of benzene rings is 1. The molecule has 0 N–H and O–H groups in total. The zero-order valence-corrected chi connectivity index (χ0v) is 13.0. The molecule has 1 unspecified atom stereocenters. The largest absolute Gasteiger partial charge is 0.303 e. The van der Waals surface area contributed by atoms with Crippen LogP contribution in [0.5, 0.6) is 0 Å². The molecule has 3 heteroatoms. The van der Waals surface area contributed by atoms with Gasteiger partial charge in [0, 0.05) is 23.0 Å². The third-order valence-electron chi connectivity index (χ3n) is 3.08. The van der Waals surface area contributed by atoms with Crippen LogP contribution in [0.25, 0.3) is 0 Å². The topological polar surface area (TPSA) is 20.3 Å². The third-order valence-corrected chi connectivity index (χ3v) is 3.57. The molecule has 0 saturated carbocycles. The molecule has 0 aliphatic rings. The maximum Gasteiger partial charge on any atom is 0.127 e. The van der Waals surface area contributed by atoms with Crippen LogP contribution in [-0.2, 0) is 11.3 Å². The van der Waals surface area contributed by atoms with Gasteiger partial charge in [0.05, 0.1) is 0 Å². The Morgan fingerprint density at radius 3 is 2.72 bits per heavy atom. The molecular formula is C15H22BrNO. The van der Waals surface area contributed by atoms with Crippen LogP contribution in [0, 0.1) is 5.41 Å². The minimum absolute atomic E-state index is 0.227. The van der Waals surface area contributed by atoms with E-state index in [4.69, 9.17) is 0 Å². The van der Waals surface area contributed by atoms with Gasteiger partial charge in [-0.15, -0.1) is 0 Å². The highest BCUT2D eigenvalue weighted by molar-refractivity contribution is 9.10. The second kappa shape index (κ2) is 7.05. The SMILES string of the molecule is CCCC(C)(C=O)CN(C)Cc1cccc(Br)c1. The van der Waals surface area contributed by atoms with Gasteiger partial charge in [0.1, 0.15) is 6.29 Å². The van der Waals surface area contributed by atoms with Crippen molar-refractivity contribution in [3.8, 4) is 0 Å². The predicted molar refractivity (Wildman–Crippen MR) is 79.6 cm³/mol. The Morgan fingerprint density at radius 2 is 2.17 bits per heavy atom. The Morgan fingerprint density at radius 1 is 1.44 bits per heavy atom. The van der Waals surface area contributed by atoms with Crippen molar-refractivity contribution in [2.45, 2.75) is 33.2 Å². The fourth-order valence-corrected chi connectivity index (χ4v) is 2.81. The van der Waals surface area contributed by atoms with Gasteiger partial charge in [-0.25, -0.2) is 0 Å². The van der Waals surface area contributed by atoms with Gasteiger partial charge >= 0.3 is 0 Å². The summed E-state index contributed by atoms with van der Waals surface area (Å²) in [7, 11) is 2.07. The van der Waals surface area contributed by atoms with E-state index in [1.54, 1.807) is 0 Å². The smallest absolute Gasteiger partial charge is 0.127 e. The molecule has 18 heavy (non-hydrogen) atoms. The van der Waals surface area contributed by atoms with Crippen molar-refractivity contribution in [1.29, 1.82) is 0 Å². The van der Waals surface area contributed by atoms with E-state index >= 15 is 0 Å². The maximum absolute atomic E-state index is 11.2. The van der Waals surface area contributed by atoms with Gasteiger partial charge in [-0.2, -0.15) is 0 Å². The van der Waals surface area contributed by atoms with E-state index in [0.29, 0.717) is 0 Å². The summed E-state index contributed by atoms with van der Waals surface area (Å²) in [6.45, 7) is 5.83. The second-order valence-electron chi connectivity index (χ2n) is 5.32. The minimum atomic E-state index is -0.227. The molecule has 0 fully saturated rings. The first-order chi connectivity index (χ1) is 8.49. The first-order valence-electron chi connectivity index (χ1n) is 6.38. The lowest BCUT2D eigenvalue weighted by molar-refractivity contribution is -0.116. The maximum atomic E-state index is 11.2. The number of hydrogen-bond donors (Lipinski definition) is 0. The molecular weight excluding hydrogens is 290 g/mol. The number of hydrogen-bond acceptors (Lipinski definition) is 2. The Hall–Kier alpha value is -0.670. The summed E-state index contributed by atoms with van der Waals surface area (Å²) in [5.74, 6) is 0. The quantitative estimate of drug-likeness (QED) is 0.712. The number of carbonyl (C=O) groups is 1. The molecule has 0 heterocycles. The van der Waals surface area contributed by atoms with Crippen LogP contribution in [-0.4, -0.2) is 24.8 Å². The number of nitrogens with zero attached hydrogens (tertiary/aromatic N) is 1. The zero-order chi connectivity index (χ0) is 13.6. The monoisotopic (exact) mass is 311 g/mol. The molecule has 0 aromatic heterocycles. The van der Waals surface area contributed by atoms with Crippen LogP contribution in [0.2, 0.25) is 0 Å². The average molecular weight is 312 g/mol. The normalized spacial score (nSPS) is 14.5. The number of halogens is 1. The van der Waals surface area contributed by atoms with Crippen molar-refractivity contribution < 1.29 is 4.79 Å². The predicted octanol–water partition coefficient (Wildman–Crippen LogP) is 3.89. The summed E-state index contributed by atoms with van der Waals surface area (Å²) in [5.41, 5.74) is 1.03. The number of carbonyl (C=O) groups excluding carboxylic acids is 1. The first-order valence-corrected chi connectivity index (χ1v) is 7.18. The van der Waals surface area contributed by atoms with Gasteiger partial charge < -0.3 is 9.69 Å². The third kappa shape index (κ3) is 4.91. The summed E-state index contributed by atoms with van der Waals surface area (Å²) in [6, 6.07) is 8.29. The van der Waals surface area contributed by atoms with Gasteiger partial charge in [0.2, 0.25) is 0 Å². The van der Waals surface area contributed by atoms with Gasteiger partial charge in [0.25, 0.3) is 0 Å². The Kier molecular flexibility index (Phi) is 6.03. The standard InChI is InChI=1S/C15H22BrNO/c1-4-8-15(2,12-18)11-17(3)10-13-6-5-7-14(16)9-13/h5-7,9,12H,4,8,10-11H2,1-3H3. The van der Waals surface area contributed by atoms with E-state index in [2.05, 4.69) is 46.9 Å². The molecule has 0 aliphatic heterocycles. The highest BCUT2D eigenvalue weighted by Crippen LogP contribution is 2.22. The van der Waals surface area contributed by atoms with E-state index in [9.17, 15) is 4.79 Å². The lowest BCUT2D eigenvalue weighted by atomic mass is 9.87. The molecule has 0 radical (unpaired) electrons. The fourth-order valence-electron chi connectivity index (χ4n) is 2.37. The van der Waals surface area contributed by atoms with Crippen LogP contribution in [0.3, 0.4) is 0 Å². The summed E-state index contributed by atoms with van der Waals surface area (Å²) in [6.07, 6.45) is 3.09. The van der Waals surface area contributed by atoms with Crippen LogP contribution in [0.15, 0.2) is 28.7 Å². The van der Waals surface area contributed by atoms with Crippen LogP contribution < -0.4 is 0 Å². The molecule has 1 atom stereocenters. The molecule has 0 aliphatic carbocycles. The molecule has 0 bridgehead atoms. The molecule has 0 saturated heterocycles. The lowest BCUT2D eigenvalue weighted by Crippen LogP contribution is -2.34. The van der Waals surface area contributed by atoms with Crippen molar-refractivity contribution in [2.75, 3.05) is 13.6 Å². The van der Waals surface area contributed by atoms with Gasteiger partial charge in [0.15, 0.2) is 0 Å². The molecule has 0 amide bonds. The van der Waals surface area contributed by atoms with E-state index in [1.165, 1.54) is 5.56 Å². The molecule has 1 rings (SSSR count). The van der Waals surface area contributed by atoms with E-state index in [1.807, 2.05) is 19.1 Å². The van der Waals surface area contributed by atoms with Crippen LogP contribution in [0.1, 0.15) is 32.3 Å². The zero-order valence-electron chi connectivity index (χ0n) is 11.4. The molecule has 2 nitrogen and oxygen atoms in total. The summed E-state index contributed by atoms with van der Waals surface area (Å²) in [4.78, 5) is 13.4. The first kappa shape index (κ1) is 15.4. The Bertz CT molecular complexity index is 394. The van der Waals surface area contributed by atoms with E-state index in [0.717, 1.165) is 36.7 Å². The summed E-state index contributed by atoms with van der Waals surface area (Å²) in [5, 5.41) is 0. The van der Waals surface area contributed by atoms with E-state index < -0.39 is 0 Å². The van der Waals surface area contributed by atoms with E-state index in [-0.39, 0.29) is 5.41 Å².